The number of rotatable bonds is 5. The van der Waals surface area contributed by atoms with Gasteiger partial charge in [0.15, 0.2) is 11.5 Å². The molecule has 8 heteroatoms. The molecule has 0 aliphatic carbocycles. The maximum absolute atomic E-state index is 12.4. The largest absolute Gasteiger partial charge is 0.496 e. The quantitative estimate of drug-likeness (QED) is 0.814. The van der Waals surface area contributed by atoms with Crippen molar-refractivity contribution in [3.8, 4) is 17.2 Å². The Labute approximate surface area is 148 Å². The molecule has 0 radical (unpaired) electrons. The fourth-order valence-corrected chi connectivity index (χ4v) is 4.05. The third-order valence-corrected chi connectivity index (χ3v) is 5.54. The predicted molar refractivity (Wildman–Crippen MR) is 92.2 cm³/mol. The van der Waals surface area contributed by atoms with E-state index in [1.165, 1.54) is 19.2 Å². The summed E-state index contributed by atoms with van der Waals surface area (Å²) in [5.74, 6) is 1.84. The molecule has 1 aliphatic heterocycles. The molecule has 1 aliphatic rings. The van der Waals surface area contributed by atoms with E-state index in [0.29, 0.717) is 21.7 Å². The van der Waals surface area contributed by atoms with Gasteiger partial charge in [0, 0.05) is 0 Å². The average molecular weight is 414 g/mol. The second-order valence-corrected chi connectivity index (χ2v) is 7.77. The second kappa shape index (κ2) is 7.00. The van der Waals surface area contributed by atoms with Crippen LogP contribution in [0.4, 0.5) is 0 Å². The van der Waals surface area contributed by atoms with Gasteiger partial charge >= 0.3 is 0 Å². The molecule has 0 bridgehead atoms. The van der Waals surface area contributed by atoms with E-state index in [-0.39, 0.29) is 18.0 Å². The van der Waals surface area contributed by atoms with Crippen LogP contribution >= 0.6 is 15.9 Å². The minimum atomic E-state index is -3.66. The third-order valence-electron chi connectivity index (χ3n) is 3.50. The molecular weight excluding hydrogens is 398 g/mol. The van der Waals surface area contributed by atoms with Crippen LogP contribution in [0.25, 0.3) is 0 Å². The van der Waals surface area contributed by atoms with Gasteiger partial charge in [-0.1, -0.05) is 12.1 Å². The lowest BCUT2D eigenvalue weighted by molar-refractivity contribution is 0.0943. The van der Waals surface area contributed by atoms with Crippen LogP contribution in [0, 0.1) is 0 Å². The van der Waals surface area contributed by atoms with Gasteiger partial charge < -0.3 is 14.2 Å². The van der Waals surface area contributed by atoms with Crippen molar-refractivity contribution in [3.63, 3.8) is 0 Å². The van der Waals surface area contributed by atoms with Crippen LogP contribution in [0.15, 0.2) is 51.8 Å². The maximum Gasteiger partial charge on any atom is 0.240 e. The highest BCUT2D eigenvalue weighted by Gasteiger charge is 2.23. The summed E-state index contributed by atoms with van der Waals surface area (Å²) >= 11 is 3.28. The Bertz CT molecular complexity index is 840. The zero-order valence-electron chi connectivity index (χ0n) is 12.9. The number of sulfonamides is 1. The number of benzene rings is 2. The number of fused-ring (bicyclic) bond motifs is 1. The summed E-state index contributed by atoms with van der Waals surface area (Å²) in [6, 6.07) is 11.9. The van der Waals surface area contributed by atoms with E-state index in [1.807, 2.05) is 18.2 Å². The van der Waals surface area contributed by atoms with E-state index in [1.54, 1.807) is 12.1 Å². The number of methoxy groups -OCH3 is 1. The van der Waals surface area contributed by atoms with Gasteiger partial charge in [0.25, 0.3) is 0 Å². The molecule has 0 fully saturated rings. The Balaban J connectivity index is 1.67. The first-order valence-electron chi connectivity index (χ1n) is 7.21. The van der Waals surface area contributed by atoms with Gasteiger partial charge in [-0.25, -0.2) is 13.1 Å². The molecule has 1 heterocycles. The van der Waals surface area contributed by atoms with Crippen LogP contribution in [0.1, 0.15) is 0 Å². The van der Waals surface area contributed by atoms with Crippen LogP contribution in [0.5, 0.6) is 17.2 Å². The molecule has 0 amide bonds. The Morgan fingerprint density at radius 3 is 2.71 bits per heavy atom. The zero-order chi connectivity index (χ0) is 17.2. The number of hydrogen-bond acceptors (Lipinski definition) is 5. The Kier molecular flexibility index (Phi) is 4.98. The summed E-state index contributed by atoms with van der Waals surface area (Å²) in [4.78, 5) is 0.146. The Morgan fingerprint density at radius 2 is 2.00 bits per heavy atom. The van der Waals surface area contributed by atoms with Crippen LogP contribution in [-0.2, 0) is 10.0 Å². The van der Waals surface area contributed by atoms with E-state index in [0.717, 1.165) is 0 Å². The molecule has 3 rings (SSSR count). The molecule has 128 valence electrons. The monoisotopic (exact) mass is 413 g/mol. The van der Waals surface area contributed by atoms with Crippen LogP contribution in [0.3, 0.4) is 0 Å². The lowest BCUT2D eigenvalue weighted by Gasteiger charge is -2.26. The number of para-hydroxylation sites is 2. The van der Waals surface area contributed by atoms with Gasteiger partial charge in [-0.3, -0.25) is 0 Å². The van der Waals surface area contributed by atoms with Crippen molar-refractivity contribution in [2.24, 2.45) is 0 Å². The minimum absolute atomic E-state index is 0.111. The van der Waals surface area contributed by atoms with Crippen molar-refractivity contribution < 1.29 is 22.6 Å². The summed E-state index contributed by atoms with van der Waals surface area (Å²) in [5.41, 5.74) is 0. The van der Waals surface area contributed by atoms with Crippen LogP contribution in [-0.4, -0.2) is 34.8 Å². The van der Waals surface area contributed by atoms with E-state index in [2.05, 4.69) is 20.7 Å². The van der Waals surface area contributed by atoms with Crippen LogP contribution < -0.4 is 18.9 Å². The number of ether oxygens (including phenoxy) is 3. The Morgan fingerprint density at radius 1 is 1.25 bits per heavy atom. The van der Waals surface area contributed by atoms with Gasteiger partial charge in [-0.2, -0.15) is 0 Å². The number of nitrogens with one attached hydrogen (secondary N) is 1. The van der Waals surface area contributed by atoms with Gasteiger partial charge in [-0.05, 0) is 46.3 Å². The molecule has 1 N–H and O–H groups in total. The third kappa shape index (κ3) is 3.66. The molecule has 0 aromatic heterocycles. The summed E-state index contributed by atoms with van der Waals surface area (Å²) in [5, 5.41) is 0. The first-order valence-corrected chi connectivity index (χ1v) is 9.49. The van der Waals surface area contributed by atoms with Crippen LogP contribution in [0.2, 0.25) is 0 Å². The highest BCUT2D eigenvalue weighted by Crippen LogP contribution is 2.31. The topological polar surface area (TPSA) is 73.9 Å². The minimum Gasteiger partial charge on any atom is -0.496 e. The first-order chi connectivity index (χ1) is 11.5. The van der Waals surface area contributed by atoms with Gasteiger partial charge in [0.1, 0.15) is 18.5 Å². The molecule has 1 unspecified atom stereocenters. The highest BCUT2D eigenvalue weighted by molar-refractivity contribution is 9.10. The SMILES string of the molecule is COc1ccc(S(=O)(=O)NCC2COc3ccccc3O2)cc1Br. The number of hydrogen-bond donors (Lipinski definition) is 1. The predicted octanol–water partition coefficient (Wildman–Crippen LogP) is 2.58. The normalized spacial score (nSPS) is 16.7. The van der Waals surface area contributed by atoms with Gasteiger partial charge in [0.05, 0.1) is 23.0 Å². The van der Waals surface area contributed by atoms with E-state index < -0.39 is 16.1 Å². The number of halogens is 1. The highest BCUT2D eigenvalue weighted by atomic mass is 79.9. The average Bonchev–Trinajstić information content (AvgIpc) is 2.60. The molecule has 24 heavy (non-hydrogen) atoms. The van der Waals surface area contributed by atoms with Crippen molar-refractivity contribution in [1.29, 1.82) is 0 Å². The summed E-state index contributed by atoms with van der Waals surface area (Å²) in [6.07, 6.45) is -0.392. The zero-order valence-corrected chi connectivity index (χ0v) is 15.3. The Hall–Kier alpha value is -1.77. The molecule has 0 saturated carbocycles. The van der Waals surface area contributed by atoms with E-state index >= 15 is 0 Å². The maximum atomic E-state index is 12.4. The van der Waals surface area contributed by atoms with Crippen molar-refractivity contribution in [2.45, 2.75) is 11.0 Å². The van der Waals surface area contributed by atoms with Crippen molar-refractivity contribution in [2.75, 3.05) is 20.3 Å². The van der Waals surface area contributed by atoms with Gasteiger partial charge in [0.2, 0.25) is 10.0 Å². The first kappa shape index (κ1) is 17.1. The lowest BCUT2D eigenvalue weighted by atomic mass is 10.2. The van der Waals surface area contributed by atoms with E-state index in [4.69, 9.17) is 14.2 Å². The molecule has 2 aromatic rings. The van der Waals surface area contributed by atoms with Crippen molar-refractivity contribution in [3.05, 3.63) is 46.9 Å². The lowest BCUT2D eigenvalue weighted by Crippen LogP contribution is -2.40. The standard InChI is InChI=1S/C16H16BrNO5S/c1-21-14-7-6-12(8-13(14)17)24(19,20)18-9-11-10-22-15-4-2-3-5-16(15)23-11/h2-8,11,18H,9-10H2,1H3. The van der Waals surface area contributed by atoms with Gasteiger partial charge in [-0.15, -0.1) is 0 Å². The smallest absolute Gasteiger partial charge is 0.240 e. The molecule has 1 atom stereocenters. The molecule has 6 nitrogen and oxygen atoms in total. The summed E-state index contributed by atoms with van der Waals surface area (Å²) in [6.45, 7) is 0.395. The second-order valence-electron chi connectivity index (χ2n) is 5.15. The molecule has 0 saturated heterocycles. The summed E-state index contributed by atoms with van der Waals surface area (Å²) in [7, 11) is -2.14. The fraction of sp³-hybridized carbons (Fsp3) is 0.250. The van der Waals surface area contributed by atoms with E-state index in [9.17, 15) is 8.42 Å². The molecule has 0 spiro atoms. The summed E-state index contributed by atoms with van der Waals surface area (Å²) < 4.78 is 44.3. The molecule has 2 aromatic carbocycles. The van der Waals surface area contributed by atoms with Crippen molar-refractivity contribution >= 4 is 26.0 Å². The van der Waals surface area contributed by atoms with Crippen molar-refractivity contribution in [1.82, 2.24) is 4.72 Å². The molecular formula is C16H16BrNO5S. The fourth-order valence-electron chi connectivity index (χ4n) is 2.26.